The molecule has 2 unspecified atom stereocenters. The van der Waals surface area contributed by atoms with Crippen LogP contribution in [-0.2, 0) is 0 Å². The first kappa shape index (κ1) is 13.5. The van der Waals surface area contributed by atoms with Crippen LogP contribution in [0.5, 0.6) is 0 Å². The van der Waals surface area contributed by atoms with Crippen molar-refractivity contribution in [1.82, 2.24) is 5.32 Å². The van der Waals surface area contributed by atoms with Gasteiger partial charge in [-0.25, -0.2) is 0 Å². The second-order valence-electron chi connectivity index (χ2n) is 5.29. The summed E-state index contributed by atoms with van der Waals surface area (Å²) in [7, 11) is 0. The maximum atomic E-state index is 11.7. The smallest absolute Gasteiger partial charge is 0.287 e. The van der Waals surface area contributed by atoms with Crippen molar-refractivity contribution in [3.8, 4) is 0 Å². The van der Waals surface area contributed by atoms with Gasteiger partial charge in [-0.15, -0.1) is 0 Å². The Hall–Kier alpha value is -0.960. The molecule has 1 aromatic rings. The number of carbonyl (C=O) groups excluding carboxylic acids is 1. The first-order chi connectivity index (χ1) is 8.65. The number of hydrogen-bond donors (Lipinski definition) is 1. The number of hydrogen-bond acceptors (Lipinski definition) is 2. The quantitative estimate of drug-likeness (QED) is 0.901. The van der Waals surface area contributed by atoms with Gasteiger partial charge in [0, 0.05) is 6.54 Å². The van der Waals surface area contributed by atoms with E-state index in [2.05, 4.69) is 12.2 Å². The van der Waals surface area contributed by atoms with E-state index < -0.39 is 0 Å². The van der Waals surface area contributed by atoms with E-state index in [0.717, 1.165) is 18.3 Å². The van der Waals surface area contributed by atoms with Crippen molar-refractivity contribution in [1.29, 1.82) is 0 Å². The minimum absolute atomic E-state index is 0.175. The summed E-state index contributed by atoms with van der Waals surface area (Å²) in [5.74, 6) is 1.71. The number of halogens is 1. The third-order valence-corrected chi connectivity index (χ3v) is 3.88. The van der Waals surface area contributed by atoms with Gasteiger partial charge in [0.05, 0.1) is 0 Å². The first-order valence-corrected chi connectivity index (χ1v) is 7.06. The standard InChI is InChI=1S/C14H20ClNO2/c1-10-3-2-4-11(9-10)7-8-16-14(17)12-5-6-13(15)18-12/h5-6,10-11H,2-4,7-9H2,1H3,(H,16,17). The van der Waals surface area contributed by atoms with Gasteiger partial charge in [-0.05, 0) is 48.4 Å². The Bertz CT molecular complexity index is 402. The van der Waals surface area contributed by atoms with E-state index in [1.165, 1.54) is 25.7 Å². The molecule has 0 spiro atoms. The molecule has 0 aromatic carbocycles. The molecule has 0 saturated heterocycles. The highest BCUT2D eigenvalue weighted by Gasteiger charge is 2.19. The van der Waals surface area contributed by atoms with Crippen LogP contribution in [0.1, 0.15) is 49.6 Å². The van der Waals surface area contributed by atoms with Crippen molar-refractivity contribution in [2.75, 3.05) is 6.54 Å². The molecular formula is C14H20ClNO2. The van der Waals surface area contributed by atoms with Crippen LogP contribution in [0.25, 0.3) is 0 Å². The highest BCUT2D eigenvalue weighted by molar-refractivity contribution is 6.29. The highest BCUT2D eigenvalue weighted by atomic mass is 35.5. The fourth-order valence-corrected chi connectivity index (χ4v) is 2.88. The lowest BCUT2D eigenvalue weighted by atomic mass is 9.81. The van der Waals surface area contributed by atoms with E-state index in [1.807, 2.05) is 0 Å². The van der Waals surface area contributed by atoms with Gasteiger partial charge < -0.3 is 9.73 Å². The summed E-state index contributed by atoms with van der Waals surface area (Å²) < 4.78 is 5.06. The Labute approximate surface area is 113 Å². The Kier molecular flexibility index (Phi) is 4.70. The lowest BCUT2D eigenvalue weighted by Crippen LogP contribution is -2.26. The molecule has 4 heteroatoms. The summed E-state index contributed by atoms with van der Waals surface area (Å²) in [4.78, 5) is 11.7. The average Bonchev–Trinajstić information content (AvgIpc) is 2.76. The van der Waals surface area contributed by atoms with E-state index >= 15 is 0 Å². The molecule has 2 atom stereocenters. The predicted octanol–water partition coefficient (Wildman–Crippen LogP) is 3.88. The van der Waals surface area contributed by atoms with Gasteiger partial charge >= 0.3 is 0 Å². The Morgan fingerprint density at radius 1 is 1.50 bits per heavy atom. The number of furan rings is 1. The molecular weight excluding hydrogens is 250 g/mol. The van der Waals surface area contributed by atoms with Crippen molar-refractivity contribution in [3.63, 3.8) is 0 Å². The SMILES string of the molecule is CC1CCCC(CCNC(=O)c2ccc(Cl)o2)C1. The molecule has 1 aliphatic carbocycles. The Balaban J connectivity index is 1.70. The van der Waals surface area contributed by atoms with Crippen LogP contribution in [0.3, 0.4) is 0 Å². The fourth-order valence-electron chi connectivity index (χ4n) is 2.74. The third-order valence-electron chi connectivity index (χ3n) is 3.68. The molecule has 1 heterocycles. The summed E-state index contributed by atoms with van der Waals surface area (Å²) in [6.45, 7) is 3.03. The monoisotopic (exact) mass is 269 g/mol. The van der Waals surface area contributed by atoms with E-state index in [-0.39, 0.29) is 16.9 Å². The molecule has 2 rings (SSSR count). The van der Waals surface area contributed by atoms with Crippen molar-refractivity contribution >= 4 is 17.5 Å². The third kappa shape index (κ3) is 3.77. The molecule has 0 bridgehead atoms. The molecule has 0 aliphatic heterocycles. The minimum atomic E-state index is -0.175. The maximum Gasteiger partial charge on any atom is 0.287 e. The average molecular weight is 270 g/mol. The van der Waals surface area contributed by atoms with Crippen LogP contribution >= 0.6 is 11.6 Å². The first-order valence-electron chi connectivity index (χ1n) is 6.68. The second kappa shape index (κ2) is 6.28. The predicted molar refractivity (Wildman–Crippen MR) is 71.8 cm³/mol. The second-order valence-corrected chi connectivity index (χ2v) is 5.66. The van der Waals surface area contributed by atoms with Crippen LogP contribution < -0.4 is 5.32 Å². The largest absolute Gasteiger partial charge is 0.440 e. The molecule has 1 amide bonds. The molecule has 100 valence electrons. The molecule has 1 fully saturated rings. The van der Waals surface area contributed by atoms with Gasteiger partial charge in [0.1, 0.15) is 0 Å². The Morgan fingerprint density at radius 2 is 2.33 bits per heavy atom. The maximum absolute atomic E-state index is 11.7. The summed E-state index contributed by atoms with van der Waals surface area (Å²) in [6.07, 6.45) is 6.33. The Morgan fingerprint density at radius 3 is 3.00 bits per heavy atom. The number of amides is 1. The fraction of sp³-hybridized carbons (Fsp3) is 0.643. The molecule has 3 nitrogen and oxygen atoms in total. The molecule has 18 heavy (non-hydrogen) atoms. The summed E-state index contributed by atoms with van der Waals surface area (Å²) in [6, 6.07) is 3.18. The van der Waals surface area contributed by atoms with Gasteiger partial charge in [-0.1, -0.05) is 26.2 Å². The lowest BCUT2D eigenvalue weighted by molar-refractivity contribution is 0.0922. The molecule has 1 N–H and O–H groups in total. The summed E-state index contributed by atoms with van der Waals surface area (Å²) in [5.41, 5.74) is 0. The zero-order valence-electron chi connectivity index (χ0n) is 10.7. The molecule has 0 radical (unpaired) electrons. The van der Waals surface area contributed by atoms with Crippen molar-refractivity contribution in [3.05, 3.63) is 23.1 Å². The molecule has 1 aliphatic rings. The minimum Gasteiger partial charge on any atom is -0.440 e. The zero-order valence-corrected chi connectivity index (χ0v) is 11.5. The van der Waals surface area contributed by atoms with Gasteiger partial charge in [0.15, 0.2) is 11.0 Å². The van der Waals surface area contributed by atoms with Crippen molar-refractivity contribution < 1.29 is 9.21 Å². The van der Waals surface area contributed by atoms with E-state index in [9.17, 15) is 4.79 Å². The highest BCUT2D eigenvalue weighted by Crippen LogP contribution is 2.30. The number of rotatable bonds is 4. The topological polar surface area (TPSA) is 42.2 Å². The van der Waals surface area contributed by atoms with Crippen molar-refractivity contribution in [2.45, 2.75) is 39.0 Å². The van der Waals surface area contributed by atoms with Crippen LogP contribution in [-0.4, -0.2) is 12.5 Å². The van der Waals surface area contributed by atoms with Gasteiger partial charge in [0.2, 0.25) is 0 Å². The van der Waals surface area contributed by atoms with Gasteiger partial charge in [-0.3, -0.25) is 4.79 Å². The summed E-state index contributed by atoms with van der Waals surface area (Å²) in [5, 5.41) is 3.13. The van der Waals surface area contributed by atoms with Crippen LogP contribution in [0.15, 0.2) is 16.5 Å². The van der Waals surface area contributed by atoms with Crippen LogP contribution in [0, 0.1) is 11.8 Å². The van der Waals surface area contributed by atoms with Crippen molar-refractivity contribution in [2.24, 2.45) is 11.8 Å². The summed E-state index contributed by atoms with van der Waals surface area (Å²) >= 11 is 5.63. The normalized spacial score (nSPS) is 23.9. The number of carbonyl (C=O) groups is 1. The molecule has 1 saturated carbocycles. The van der Waals surface area contributed by atoms with E-state index in [0.29, 0.717) is 6.54 Å². The molecule has 1 aromatic heterocycles. The van der Waals surface area contributed by atoms with Gasteiger partial charge in [0.25, 0.3) is 5.91 Å². The van der Waals surface area contributed by atoms with E-state index in [1.54, 1.807) is 12.1 Å². The number of nitrogens with one attached hydrogen (secondary N) is 1. The van der Waals surface area contributed by atoms with Gasteiger partial charge in [-0.2, -0.15) is 0 Å². The zero-order chi connectivity index (χ0) is 13.0. The van der Waals surface area contributed by atoms with Crippen LogP contribution in [0.4, 0.5) is 0 Å². The van der Waals surface area contributed by atoms with E-state index in [4.69, 9.17) is 16.0 Å². The van der Waals surface area contributed by atoms with Crippen LogP contribution in [0.2, 0.25) is 5.22 Å². The lowest BCUT2D eigenvalue weighted by Gasteiger charge is -2.26.